The lowest BCUT2D eigenvalue weighted by Crippen LogP contribution is -2.21. The molecule has 1 N–H and O–H groups in total. The molecule has 0 unspecified atom stereocenters. The van der Waals surface area contributed by atoms with Crippen molar-refractivity contribution in [1.29, 1.82) is 0 Å². The second-order valence-electron chi connectivity index (χ2n) is 8.09. The van der Waals surface area contributed by atoms with E-state index in [1.165, 1.54) is 6.07 Å². The molecule has 1 amide bonds. The fourth-order valence-electron chi connectivity index (χ4n) is 4.37. The molecule has 1 heterocycles. The number of hydrogen-bond acceptors (Lipinski definition) is 2. The monoisotopic (exact) mass is 446 g/mol. The Labute approximate surface area is 183 Å². The molecule has 0 saturated heterocycles. The number of carbonyl (C=O) groups is 1. The van der Waals surface area contributed by atoms with E-state index >= 15 is 0 Å². The van der Waals surface area contributed by atoms with E-state index in [4.69, 9.17) is 11.6 Å². The summed E-state index contributed by atoms with van der Waals surface area (Å²) in [6.07, 6.45) is -0.961. The number of hydrogen-bond donors (Lipinski definition) is 1. The number of amides is 1. The van der Waals surface area contributed by atoms with Gasteiger partial charge in [-0.05, 0) is 79.5 Å². The fraction of sp³-hybridized carbons (Fsp3) is 0.333. The number of fused-ring (bicyclic) bond motifs is 1. The van der Waals surface area contributed by atoms with E-state index in [0.717, 1.165) is 31.1 Å². The van der Waals surface area contributed by atoms with E-state index in [-0.39, 0.29) is 17.7 Å². The minimum Gasteiger partial charge on any atom is -0.326 e. The van der Waals surface area contributed by atoms with Gasteiger partial charge in [0.2, 0.25) is 5.91 Å². The fourth-order valence-corrected chi connectivity index (χ4v) is 4.50. The highest BCUT2D eigenvalue weighted by atomic mass is 35.5. The van der Waals surface area contributed by atoms with Gasteiger partial charge in [-0.3, -0.25) is 4.79 Å². The van der Waals surface area contributed by atoms with Crippen LogP contribution in [-0.4, -0.2) is 10.9 Å². The summed E-state index contributed by atoms with van der Waals surface area (Å²) in [5.74, 6) is 0.197. The van der Waals surface area contributed by atoms with Gasteiger partial charge in [0.1, 0.15) is 5.69 Å². The molecule has 1 aliphatic rings. The average molecular weight is 447 g/mol. The van der Waals surface area contributed by atoms with E-state index in [2.05, 4.69) is 10.3 Å². The van der Waals surface area contributed by atoms with Crippen molar-refractivity contribution in [3.63, 3.8) is 0 Å². The van der Waals surface area contributed by atoms with Crippen molar-refractivity contribution in [1.82, 2.24) is 4.98 Å². The maximum absolute atomic E-state index is 13.4. The number of para-hydroxylation sites is 1. The minimum atomic E-state index is -4.48. The normalized spacial score (nSPS) is 19.4. The van der Waals surface area contributed by atoms with Crippen molar-refractivity contribution in [3.05, 3.63) is 70.9 Å². The molecular weight excluding hydrogens is 425 g/mol. The highest BCUT2D eigenvalue weighted by Gasteiger charge is 2.34. The maximum atomic E-state index is 13.4. The molecule has 31 heavy (non-hydrogen) atoms. The molecule has 0 aliphatic heterocycles. The number of nitrogens with one attached hydrogen (secondary N) is 1. The zero-order valence-electron chi connectivity index (χ0n) is 16.8. The number of anilines is 1. The molecule has 3 nitrogen and oxygen atoms in total. The van der Waals surface area contributed by atoms with Gasteiger partial charge in [-0.2, -0.15) is 13.2 Å². The third-order valence-corrected chi connectivity index (χ3v) is 6.18. The highest BCUT2D eigenvalue weighted by molar-refractivity contribution is 6.30. The van der Waals surface area contributed by atoms with Gasteiger partial charge in [-0.1, -0.05) is 29.8 Å². The molecule has 0 spiro atoms. The molecule has 3 aromatic rings. The Bertz CT molecular complexity index is 1070. The van der Waals surface area contributed by atoms with Gasteiger partial charge in [-0.25, -0.2) is 4.98 Å². The van der Waals surface area contributed by atoms with Crippen molar-refractivity contribution in [3.8, 4) is 0 Å². The molecule has 0 atom stereocenters. The zero-order chi connectivity index (χ0) is 22.0. The number of halogens is 4. The average Bonchev–Trinajstić information content (AvgIpc) is 2.74. The van der Waals surface area contributed by atoms with Crippen molar-refractivity contribution < 1.29 is 18.0 Å². The van der Waals surface area contributed by atoms with E-state index < -0.39 is 11.9 Å². The Morgan fingerprint density at radius 2 is 1.71 bits per heavy atom. The lowest BCUT2D eigenvalue weighted by atomic mass is 9.76. The summed E-state index contributed by atoms with van der Waals surface area (Å²) in [6.45, 7) is 0. The van der Waals surface area contributed by atoms with Gasteiger partial charge in [0.05, 0.1) is 5.52 Å². The number of aromatic nitrogens is 1. The van der Waals surface area contributed by atoms with Crippen LogP contribution in [0.3, 0.4) is 0 Å². The Morgan fingerprint density at radius 3 is 2.39 bits per heavy atom. The molecule has 7 heteroatoms. The molecular formula is C24H22ClF3N2O. The summed E-state index contributed by atoms with van der Waals surface area (Å²) in [5.41, 5.74) is 0.940. The molecule has 162 valence electrons. The summed E-state index contributed by atoms with van der Waals surface area (Å²) in [7, 11) is 0. The molecule has 1 saturated carbocycles. The first-order chi connectivity index (χ1) is 14.8. The summed E-state index contributed by atoms with van der Waals surface area (Å²) in [6, 6.07) is 15.1. The first-order valence-electron chi connectivity index (χ1n) is 10.3. The number of carbonyl (C=O) groups excluding carboxylic acids is 1. The van der Waals surface area contributed by atoms with Gasteiger partial charge >= 0.3 is 6.18 Å². The molecule has 4 rings (SSSR count). The summed E-state index contributed by atoms with van der Waals surface area (Å²) in [5, 5.41) is 4.26. The second kappa shape index (κ2) is 8.87. The van der Waals surface area contributed by atoms with Crippen LogP contribution in [0.2, 0.25) is 5.02 Å². The smallest absolute Gasteiger partial charge is 0.326 e. The Hall–Kier alpha value is -2.60. The topological polar surface area (TPSA) is 42.0 Å². The Morgan fingerprint density at radius 1 is 1.03 bits per heavy atom. The molecule has 0 bridgehead atoms. The highest BCUT2D eigenvalue weighted by Crippen LogP contribution is 2.41. The van der Waals surface area contributed by atoms with E-state index in [1.54, 1.807) is 36.4 Å². The van der Waals surface area contributed by atoms with Crippen LogP contribution < -0.4 is 5.32 Å². The van der Waals surface area contributed by atoms with Gasteiger partial charge < -0.3 is 5.32 Å². The zero-order valence-corrected chi connectivity index (χ0v) is 17.5. The van der Waals surface area contributed by atoms with E-state index in [0.29, 0.717) is 28.2 Å². The van der Waals surface area contributed by atoms with Gasteiger partial charge in [0, 0.05) is 22.5 Å². The van der Waals surface area contributed by atoms with Crippen molar-refractivity contribution in [2.45, 2.75) is 44.2 Å². The molecule has 1 fully saturated rings. The first kappa shape index (κ1) is 21.6. The molecule has 0 radical (unpaired) electrons. The van der Waals surface area contributed by atoms with Crippen LogP contribution >= 0.6 is 11.6 Å². The number of benzene rings is 2. The summed E-state index contributed by atoms with van der Waals surface area (Å²) in [4.78, 5) is 16.2. The van der Waals surface area contributed by atoms with Crippen LogP contribution in [-0.2, 0) is 11.0 Å². The van der Waals surface area contributed by atoms with Crippen LogP contribution in [0.4, 0.5) is 18.9 Å². The van der Waals surface area contributed by atoms with Crippen LogP contribution in [0.5, 0.6) is 0 Å². The largest absolute Gasteiger partial charge is 0.433 e. The lowest BCUT2D eigenvalue weighted by molar-refractivity contribution is -0.141. The molecule has 2 aromatic carbocycles. The Kier molecular flexibility index (Phi) is 6.19. The van der Waals surface area contributed by atoms with Gasteiger partial charge in [0.15, 0.2) is 0 Å². The lowest BCUT2D eigenvalue weighted by Gasteiger charge is -2.29. The Balaban J connectivity index is 1.43. The minimum absolute atomic E-state index is 0.0320. The number of pyridine rings is 1. The van der Waals surface area contributed by atoms with Crippen LogP contribution in [0.1, 0.15) is 49.3 Å². The third kappa shape index (κ3) is 5.18. The number of rotatable bonds is 4. The van der Waals surface area contributed by atoms with Gasteiger partial charge in [0.25, 0.3) is 0 Å². The van der Waals surface area contributed by atoms with Gasteiger partial charge in [-0.15, -0.1) is 0 Å². The van der Waals surface area contributed by atoms with Crippen LogP contribution in [0.25, 0.3) is 10.9 Å². The second-order valence-corrected chi connectivity index (χ2v) is 8.52. The van der Waals surface area contributed by atoms with Crippen molar-refractivity contribution >= 4 is 34.1 Å². The maximum Gasteiger partial charge on any atom is 0.433 e. The van der Waals surface area contributed by atoms with Crippen molar-refractivity contribution in [2.75, 3.05) is 5.32 Å². The van der Waals surface area contributed by atoms with Crippen molar-refractivity contribution in [2.24, 2.45) is 5.92 Å². The van der Waals surface area contributed by atoms with E-state index in [1.807, 2.05) is 12.1 Å². The number of nitrogens with zero attached hydrogens (tertiary/aromatic N) is 1. The summed E-state index contributed by atoms with van der Waals surface area (Å²) >= 11 is 5.86. The molecule has 1 aromatic heterocycles. The van der Waals surface area contributed by atoms with Crippen LogP contribution in [0, 0.1) is 5.92 Å². The van der Waals surface area contributed by atoms with E-state index in [9.17, 15) is 18.0 Å². The number of alkyl halides is 3. The van der Waals surface area contributed by atoms with Crippen LogP contribution in [0.15, 0.2) is 54.6 Å². The third-order valence-electron chi connectivity index (χ3n) is 5.93. The standard InChI is InChI=1S/C24H22ClF3N2O/c25-17-9-11-18(12-10-17)29-23(31)13-15-5-7-16(8-6-15)20-14-22(24(26,27)28)30-21-4-2-1-3-19(20)21/h1-4,9-12,14-16H,5-8,13H2,(H,29,31)/t15-,16+. The first-order valence-corrected chi connectivity index (χ1v) is 10.7. The quantitative estimate of drug-likeness (QED) is 0.460. The predicted octanol–water partition coefficient (Wildman–Crippen LogP) is 7.21. The summed E-state index contributed by atoms with van der Waals surface area (Å²) < 4.78 is 40.1. The SMILES string of the molecule is O=C(C[C@H]1CC[C@@H](c2cc(C(F)(F)F)nc3ccccc32)CC1)Nc1ccc(Cl)cc1. The molecule has 1 aliphatic carbocycles. The predicted molar refractivity (Wildman–Crippen MR) is 116 cm³/mol.